The van der Waals surface area contributed by atoms with Gasteiger partial charge in [0.25, 0.3) is 0 Å². The Hall–Kier alpha value is -3.30. The molecule has 0 aliphatic rings. The van der Waals surface area contributed by atoms with E-state index in [1.807, 2.05) is 78.9 Å². The minimum absolute atomic E-state index is 0.628. The summed E-state index contributed by atoms with van der Waals surface area (Å²) >= 11 is 0. The van der Waals surface area contributed by atoms with E-state index in [1.165, 1.54) is 0 Å². The van der Waals surface area contributed by atoms with Crippen LogP contribution in [0.25, 0.3) is 10.8 Å². The number of fused-ring (bicyclic) bond motifs is 1. The molecule has 4 rings (SSSR count). The lowest BCUT2D eigenvalue weighted by Gasteiger charge is -2.17. The number of rotatable bonds is 5. The molecule has 1 N–H and O–H groups in total. The van der Waals surface area contributed by atoms with Gasteiger partial charge in [0.15, 0.2) is 0 Å². The number of hydrogen-bond donors (Lipinski definition) is 1. The fourth-order valence-electron chi connectivity index (χ4n) is 3.15. The molecule has 4 aromatic carbocycles. The van der Waals surface area contributed by atoms with E-state index in [4.69, 9.17) is 9.47 Å². The van der Waals surface area contributed by atoms with E-state index < -0.39 is 6.10 Å². The number of hydrogen-bond acceptors (Lipinski definition) is 3. The highest BCUT2D eigenvalue weighted by atomic mass is 16.5. The highest BCUT2D eigenvalue weighted by molar-refractivity contribution is 5.83. The number of aliphatic hydroxyl groups excluding tert-OH is 1. The fourth-order valence-corrected chi connectivity index (χ4v) is 3.15. The Bertz CT molecular complexity index is 1070. The number of aliphatic hydroxyl groups is 1. The van der Waals surface area contributed by atoms with Gasteiger partial charge in [-0.3, -0.25) is 0 Å². The number of para-hydroxylation sites is 1. The van der Waals surface area contributed by atoms with Gasteiger partial charge in [-0.05, 0) is 46.7 Å². The van der Waals surface area contributed by atoms with Crippen LogP contribution in [0.5, 0.6) is 17.2 Å². The zero-order valence-electron chi connectivity index (χ0n) is 15.0. The molecule has 3 nitrogen and oxygen atoms in total. The van der Waals surface area contributed by atoms with Crippen LogP contribution in [-0.4, -0.2) is 12.2 Å². The van der Waals surface area contributed by atoms with Crippen molar-refractivity contribution in [2.75, 3.05) is 7.11 Å². The maximum Gasteiger partial charge on any atom is 0.133 e. The van der Waals surface area contributed by atoms with Crippen LogP contribution < -0.4 is 9.47 Å². The highest BCUT2D eigenvalue weighted by Gasteiger charge is 2.16. The minimum Gasteiger partial charge on any atom is -0.497 e. The average molecular weight is 356 g/mol. The Morgan fingerprint density at radius 1 is 0.704 bits per heavy atom. The van der Waals surface area contributed by atoms with Gasteiger partial charge in [0, 0.05) is 5.56 Å². The summed E-state index contributed by atoms with van der Waals surface area (Å²) in [6.07, 6.45) is -0.809. The minimum atomic E-state index is -0.809. The van der Waals surface area contributed by atoms with Gasteiger partial charge in [-0.1, -0.05) is 60.7 Å². The molecule has 0 spiro atoms. The summed E-state index contributed by atoms with van der Waals surface area (Å²) in [5.74, 6) is 2.07. The predicted molar refractivity (Wildman–Crippen MR) is 108 cm³/mol. The predicted octanol–water partition coefficient (Wildman–Crippen LogP) is 5.72. The maximum absolute atomic E-state index is 10.9. The highest BCUT2D eigenvalue weighted by Crippen LogP contribution is 2.34. The third kappa shape index (κ3) is 3.64. The largest absolute Gasteiger partial charge is 0.497 e. The summed E-state index contributed by atoms with van der Waals surface area (Å²) in [6, 6.07) is 29.1. The van der Waals surface area contributed by atoms with Crippen LogP contribution in [0.2, 0.25) is 0 Å². The molecule has 0 aliphatic carbocycles. The summed E-state index contributed by atoms with van der Waals surface area (Å²) < 4.78 is 11.4. The zero-order valence-corrected chi connectivity index (χ0v) is 15.0. The Balaban J connectivity index is 1.67. The van der Waals surface area contributed by atoms with E-state index in [-0.39, 0.29) is 0 Å². The third-order valence-electron chi connectivity index (χ3n) is 4.57. The van der Waals surface area contributed by atoms with Crippen LogP contribution in [-0.2, 0) is 0 Å². The SMILES string of the molecule is COc1cccc(C(O)c2ccccc2Oc2ccc3ccccc3c2)c1. The van der Waals surface area contributed by atoms with Gasteiger partial charge in [0.05, 0.1) is 7.11 Å². The van der Waals surface area contributed by atoms with Crippen molar-refractivity contribution in [3.05, 3.63) is 102 Å². The Labute approximate surface area is 158 Å². The van der Waals surface area contributed by atoms with Gasteiger partial charge < -0.3 is 14.6 Å². The van der Waals surface area contributed by atoms with Crippen LogP contribution in [0.1, 0.15) is 17.2 Å². The first kappa shape index (κ1) is 17.1. The van der Waals surface area contributed by atoms with Crippen molar-refractivity contribution in [1.29, 1.82) is 0 Å². The van der Waals surface area contributed by atoms with E-state index in [9.17, 15) is 5.11 Å². The number of benzene rings is 4. The lowest BCUT2D eigenvalue weighted by Crippen LogP contribution is -2.02. The smallest absolute Gasteiger partial charge is 0.133 e. The van der Waals surface area contributed by atoms with Crippen LogP contribution in [0.15, 0.2) is 91.0 Å². The van der Waals surface area contributed by atoms with Crippen molar-refractivity contribution in [3.8, 4) is 17.2 Å². The Kier molecular flexibility index (Phi) is 4.77. The molecule has 0 radical (unpaired) electrons. The van der Waals surface area contributed by atoms with E-state index in [0.717, 1.165) is 22.1 Å². The molecule has 0 fully saturated rings. The van der Waals surface area contributed by atoms with Crippen LogP contribution in [0.3, 0.4) is 0 Å². The molecular formula is C24H20O3. The molecule has 0 bridgehead atoms. The molecule has 0 aromatic heterocycles. The molecule has 1 atom stereocenters. The molecule has 0 aliphatic heterocycles. The molecule has 0 heterocycles. The van der Waals surface area contributed by atoms with Crippen molar-refractivity contribution < 1.29 is 14.6 Å². The lowest BCUT2D eigenvalue weighted by atomic mass is 10.0. The molecular weight excluding hydrogens is 336 g/mol. The van der Waals surface area contributed by atoms with E-state index >= 15 is 0 Å². The summed E-state index contributed by atoms with van der Waals surface area (Å²) in [6.45, 7) is 0. The molecule has 0 amide bonds. The Morgan fingerprint density at radius 3 is 2.33 bits per heavy atom. The van der Waals surface area contributed by atoms with Crippen LogP contribution in [0, 0.1) is 0 Å². The monoisotopic (exact) mass is 356 g/mol. The molecule has 0 saturated heterocycles. The summed E-state index contributed by atoms with van der Waals surface area (Å²) in [4.78, 5) is 0. The summed E-state index contributed by atoms with van der Waals surface area (Å²) in [5, 5.41) is 13.2. The van der Waals surface area contributed by atoms with Crippen molar-refractivity contribution >= 4 is 10.8 Å². The van der Waals surface area contributed by atoms with Gasteiger partial charge in [-0.25, -0.2) is 0 Å². The van der Waals surface area contributed by atoms with Crippen molar-refractivity contribution in [2.24, 2.45) is 0 Å². The van der Waals surface area contributed by atoms with Crippen molar-refractivity contribution in [2.45, 2.75) is 6.10 Å². The van der Waals surface area contributed by atoms with E-state index in [2.05, 4.69) is 12.1 Å². The summed E-state index contributed by atoms with van der Waals surface area (Å²) in [5.41, 5.74) is 1.46. The molecule has 27 heavy (non-hydrogen) atoms. The van der Waals surface area contributed by atoms with Gasteiger partial charge in [0.1, 0.15) is 23.4 Å². The first-order valence-electron chi connectivity index (χ1n) is 8.82. The van der Waals surface area contributed by atoms with Gasteiger partial charge in [-0.15, -0.1) is 0 Å². The molecule has 4 aromatic rings. The second kappa shape index (κ2) is 7.52. The molecule has 1 unspecified atom stereocenters. The fraction of sp³-hybridized carbons (Fsp3) is 0.0833. The second-order valence-electron chi connectivity index (χ2n) is 6.33. The average Bonchev–Trinajstić information content (AvgIpc) is 2.73. The van der Waals surface area contributed by atoms with Gasteiger partial charge in [0.2, 0.25) is 0 Å². The quantitative estimate of drug-likeness (QED) is 0.497. The molecule has 3 heteroatoms. The van der Waals surface area contributed by atoms with Crippen LogP contribution >= 0.6 is 0 Å². The van der Waals surface area contributed by atoms with E-state index in [1.54, 1.807) is 7.11 Å². The van der Waals surface area contributed by atoms with Crippen molar-refractivity contribution in [3.63, 3.8) is 0 Å². The lowest BCUT2D eigenvalue weighted by molar-refractivity contribution is 0.216. The normalized spacial score (nSPS) is 11.9. The first-order valence-corrected chi connectivity index (χ1v) is 8.82. The number of methoxy groups -OCH3 is 1. The van der Waals surface area contributed by atoms with Gasteiger partial charge in [-0.2, -0.15) is 0 Å². The zero-order chi connectivity index (χ0) is 18.6. The number of ether oxygens (including phenoxy) is 2. The Morgan fingerprint density at radius 2 is 1.48 bits per heavy atom. The maximum atomic E-state index is 10.9. The standard InChI is InChI=1S/C24H20O3/c1-26-20-10-6-9-19(16-20)24(25)22-11-4-5-12-23(22)27-21-14-13-17-7-2-3-8-18(17)15-21/h2-16,24-25H,1H3. The first-order chi connectivity index (χ1) is 13.2. The second-order valence-corrected chi connectivity index (χ2v) is 6.33. The topological polar surface area (TPSA) is 38.7 Å². The van der Waals surface area contributed by atoms with Crippen LogP contribution in [0.4, 0.5) is 0 Å². The molecule has 134 valence electrons. The third-order valence-corrected chi connectivity index (χ3v) is 4.57. The van der Waals surface area contributed by atoms with Crippen molar-refractivity contribution in [1.82, 2.24) is 0 Å². The molecule has 0 saturated carbocycles. The summed E-state index contributed by atoms with van der Waals surface area (Å²) in [7, 11) is 1.61. The van der Waals surface area contributed by atoms with E-state index in [0.29, 0.717) is 17.1 Å². The van der Waals surface area contributed by atoms with Gasteiger partial charge >= 0.3 is 0 Å².